The van der Waals surface area contributed by atoms with Crippen LogP contribution in [0.1, 0.15) is 30.6 Å². The van der Waals surface area contributed by atoms with Gasteiger partial charge < -0.3 is 4.90 Å². The number of hydrogen-bond donors (Lipinski definition) is 0. The first-order valence-corrected chi connectivity index (χ1v) is 7.33. The number of nitro benzene ring substituents is 1. The molecular formula is C15H21N3O3. The number of nitro groups is 1. The molecular weight excluding hydrogens is 270 g/mol. The average Bonchev–Trinajstić information content (AvgIpc) is 2.97. The molecule has 1 aliphatic heterocycles. The first-order chi connectivity index (χ1) is 10.1. The first kappa shape index (κ1) is 15.4. The van der Waals surface area contributed by atoms with Gasteiger partial charge in [0.05, 0.1) is 10.5 Å². The van der Waals surface area contributed by atoms with E-state index < -0.39 is 4.92 Å². The van der Waals surface area contributed by atoms with Crippen LogP contribution < -0.4 is 4.90 Å². The minimum absolute atomic E-state index is 0.131. The van der Waals surface area contributed by atoms with Crippen molar-refractivity contribution in [2.75, 3.05) is 31.1 Å². The molecule has 0 bridgehead atoms. The van der Waals surface area contributed by atoms with Crippen LogP contribution in [0, 0.1) is 10.1 Å². The SMILES string of the molecule is CCN(CC)C1CCN(c2ccc([N+](=O)[O-])c(C=O)c2)C1. The molecule has 0 spiro atoms. The largest absolute Gasteiger partial charge is 0.370 e. The highest BCUT2D eigenvalue weighted by Gasteiger charge is 2.27. The Balaban J connectivity index is 2.17. The highest BCUT2D eigenvalue weighted by molar-refractivity contribution is 5.83. The summed E-state index contributed by atoms with van der Waals surface area (Å²) in [5.41, 5.74) is 0.898. The Labute approximate surface area is 124 Å². The molecule has 1 unspecified atom stereocenters. The zero-order valence-electron chi connectivity index (χ0n) is 12.5. The molecule has 0 radical (unpaired) electrons. The number of nitrogens with zero attached hydrogens (tertiary/aromatic N) is 3. The number of anilines is 1. The summed E-state index contributed by atoms with van der Waals surface area (Å²) in [6.07, 6.45) is 1.63. The second kappa shape index (κ2) is 6.67. The van der Waals surface area contributed by atoms with Gasteiger partial charge in [-0.1, -0.05) is 13.8 Å². The van der Waals surface area contributed by atoms with Crippen LogP contribution in [0.2, 0.25) is 0 Å². The maximum atomic E-state index is 11.0. The van der Waals surface area contributed by atoms with Crippen molar-refractivity contribution in [3.05, 3.63) is 33.9 Å². The summed E-state index contributed by atoms with van der Waals surface area (Å²) in [5.74, 6) is 0. The van der Waals surface area contributed by atoms with Gasteiger partial charge in [0.1, 0.15) is 0 Å². The lowest BCUT2D eigenvalue weighted by atomic mass is 10.1. The third kappa shape index (κ3) is 3.21. The summed E-state index contributed by atoms with van der Waals surface area (Å²) in [7, 11) is 0. The Kier molecular flexibility index (Phi) is 4.90. The van der Waals surface area contributed by atoms with Crippen molar-refractivity contribution >= 4 is 17.7 Å². The third-order valence-electron chi connectivity index (χ3n) is 4.19. The predicted molar refractivity (Wildman–Crippen MR) is 82.0 cm³/mol. The molecule has 1 aliphatic rings. The van der Waals surface area contributed by atoms with Gasteiger partial charge in [0, 0.05) is 30.9 Å². The molecule has 0 amide bonds. The van der Waals surface area contributed by atoms with Crippen molar-refractivity contribution < 1.29 is 9.72 Å². The van der Waals surface area contributed by atoms with Gasteiger partial charge in [-0.05, 0) is 31.6 Å². The third-order valence-corrected chi connectivity index (χ3v) is 4.19. The Morgan fingerprint density at radius 1 is 1.43 bits per heavy atom. The lowest BCUT2D eigenvalue weighted by Gasteiger charge is -2.26. The van der Waals surface area contributed by atoms with Crippen molar-refractivity contribution in [3.8, 4) is 0 Å². The predicted octanol–water partition coefficient (Wildman–Crippen LogP) is 2.33. The van der Waals surface area contributed by atoms with Crippen LogP contribution in [-0.2, 0) is 0 Å². The summed E-state index contributed by atoms with van der Waals surface area (Å²) in [4.78, 5) is 26.0. The van der Waals surface area contributed by atoms with E-state index >= 15 is 0 Å². The molecule has 21 heavy (non-hydrogen) atoms. The minimum atomic E-state index is -0.518. The van der Waals surface area contributed by atoms with Gasteiger partial charge >= 0.3 is 0 Å². The summed E-state index contributed by atoms with van der Waals surface area (Å²) in [5, 5.41) is 10.9. The quantitative estimate of drug-likeness (QED) is 0.457. The molecule has 6 nitrogen and oxygen atoms in total. The second-order valence-corrected chi connectivity index (χ2v) is 5.23. The minimum Gasteiger partial charge on any atom is -0.370 e. The fourth-order valence-corrected chi connectivity index (χ4v) is 3.01. The Morgan fingerprint density at radius 3 is 2.71 bits per heavy atom. The first-order valence-electron chi connectivity index (χ1n) is 7.33. The van der Waals surface area contributed by atoms with E-state index in [0.29, 0.717) is 12.3 Å². The van der Waals surface area contributed by atoms with Crippen LogP contribution in [0.4, 0.5) is 11.4 Å². The molecule has 1 atom stereocenters. The van der Waals surface area contributed by atoms with Crippen molar-refractivity contribution in [2.45, 2.75) is 26.3 Å². The van der Waals surface area contributed by atoms with E-state index in [1.165, 1.54) is 6.07 Å². The fraction of sp³-hybridized carbons (Fsp3) is 0.533. The highest BCUT2D eigenvalue weighted by Crippen LogP contribution is 2.27. The van der Waals surface area contributed by atoms with Gasteiger partial charge in [0.15, 0.2) is 6.29 Å². The van der Waals surface area contributed by atoms with Gasteiger partial charge in [-0.15, -0.1) is 0 Å². The van der Waals surface area contributed by atoms with E-state index in [2.05, 4.69) is 23.6 Å². The molecule has 1 saturated heterocycles. The second-order valence-electron chi connectivity index (χ2n) is 5.23. The zero-order chi connectivity index (χ0) is 15.4. The van der Waals surface area contributed by atoms with Crippen molar-refractivity contribution in [2.24, 2.45) is 0 Å². The molecule has 0 N–H and O–H groups in total. The molecule has 1 heterocycles. The summed E-state index contributed by atoms with van der Waals surface area (Å²) < 4.78 is 0. The molecule has 1 aromatic rings. The van der Waals surface area contributed by atoms with Crippen molar-refractivity contribution in [1.29, 1.82) is 0 Å². The summed E-state index contributed by atoms with van der Waals surface area (Å²) in [6.45, 7) is 8.17. The van der Waals surface area contributed by atoms with Crippen molar-refractivity contribution in [3.63, 3.8) is 0 Å². The van der Waals surface area contributed by atoms with E-state index in [0.717, 1.165) is 38.3 Å². The molecule has 1 fully saturated rings. The zero-order valence-corrected chi connectivity index (χ0v) is 12.5. The lowest BCUT2D eigenvalue weighted by Crippen LogP contribution is -2.37. The van der Waals surface area contributed by atoms with E-state index in [4.69, 9.17) is 0 Å². The molecule has 114 valence electrons. The number of rotatable bonds is 6. The van der Waals surface area contributed by atoms with Crippen LogP contribution in [0.25, 0.3) is 0 Å². The van der Waals surface area contributed by atoms with Gasteiger partial charge in [0.25, 0.3) is 5.69 Å². The maximum absolute atomic E-state index is 11.0. The molecule has 6 heteroatoms. The summed E-state index contributed by atoms with van der Waals surface area (Å²) in [6, 6.07) is 5.28. The van der Waals surface area contributed by atoms with Crippen LogP contribution in [0.3, 0.4) is 0 Å². The van der Waals surface area contributed by atoms with E-state index in [1.54, 1.807) is 12.1 Å². The Morgan fingerprint density at radius 2 is 2.14 bits per heavy atom. The van der Waals surface area contributed by atoms with Crippen LogP contribution in [0.15, 0.2) is 18.2 Å². The van der Waals surface area contributed by atoms with Crippen LogP contribution in [-0.4, -0.2) is 48.3 Å². The van der Waals surface area contributed by atoms with E-state index in [9.17, 15) is 14.9 Å². The lowest BCUT2D eigenvalue weighted by molar-refractivity contribution is -0.385. The van der Waals surface area contributed by atoms with Gasteiger partial charge in [-0.3, -0.25) is 19.8 Å². The highest BCUT2D eigenvalue weighted by atomic mass is 16.6. The number of aldehydes is 1. The summed E-state index contributed by atoms with van der Waals surface area (Å²) >= 11 is 0. The molecule has 1 aromatic carbocycles. The van der Waals surface area contributed by atoms with Crippen LogP contribution in [0.5, 0.6) is 0 Å². The van der Waals surface area contributed by atoms with Crippen molar-refractivity contribution in [1.82, 2.24) is 4.90 Å². The van der Waals surface area contributed by atoms with Gasteiger partial charge in [0.2, 0.25) is 0 Å². The Bertz CT molecular complexity index is 529. The normalized spacial score (nSPS) is 18.2. The Hall–Kier alpha value is -1.95. The smallest absolute Gasteiger partial charge is 0.280 e. The topological polar surface area (TPSA) is 66.7 Å². The van der Waals surface area contributed by atoms with Gasteiger partial charge in [-0.2, -0.15) is 0 Å². The molecule has 0 saturated carbocycles. The van der Waals surface area contributed by atoms with E-state index in [1.807, 2.05) is 0 Å². The number of carbonyl (C=O) groups excluding carboxylic acids is 1. The van der Waals surface area contributed by atoms with Gasteiger partial charge in [-0.25, -0.2) is 0 Å². The average molecular weight is 291 g/mol. The number of benzene rings is 1. The number of likely N-dealkylation sites (N-methyl/N-ethyl adjacent to an activating group) is 1. The molecule has 2 rings (SSSR count). The van der Waals surface area contributed by atoms with E-state index in [-0.39, 0.29) is 11.3 Å². The van der Waals surface area contributed by atoms with Crippen LogP contribution >= 0.6 is 0 Å². The fourth-order valence-electron chi connectivity index (χ4n) is 3.01. The molecule has 0 aromatic heterocycles. The number of hydrogen-bond acceptors (Lipinski definition) is 5. The standard InChI is InChI=1S/C15H21N3O3/c1-3-16(4-2)14-7-8-17(10-14)13-5-6-15(18(20)21)12(9-13)11-19/h5-6,9,11,14H,3-4,7-8,10H2,1-2H3. The monoisotopic (exact) mass is 291 g/mol. The molecule has 0 aliphatic carbocycles. The number of carbonyl (C=O) groups is 1. The maximum Gasteiger partial charge on any atom is 0.280 e.